The zero-order valence-corrected chi connectivity index (χ0v) is 17.5. The fraction of sp³-hybridized carbons (Fsp3) is 0.348. The van der Waals surface area contributed by atoms with Crippen molar-refractivity contribution in [3.63, 3.8) is 0 Å². The van der Waals surface area contributed by atoms with Crippen LogP contribution >= 0.6 is 0 Å². The molecular weight excluding hydrogens is 382 g/mol. The van der Waals surface area contributed by atoms with Crippen molar-refractivity contribution in [2.75, 3.05) is 11.4 Å². The molecule has 1 fully saturated rings. The van der Waals surface area contributed by atoms with Crippen molar-refractivity contribution in [1.29, 1.82) is 0 Å². The molecule has 7 nitrogen and oxygen atoms in total. The highest BCUT2D eigenvalue weighted by molar-refractivity contribution is 5.95. The second-order valence-electron chi connectivity index (χ2n) is 7.49. The van der Waals surface area contributed by atoms with Gasteiger partial charge in [0.1, 0.15) is 5.75 Å². The topological polar surface area (TPSA) is 87.7 Å². The minimum Gasteiger partial charge on any atom is -0.481 e. The smallest absolute Gasteiger partial charge is 0.279 e. The van der Waals surface area contributed by atoms with Crippen molar-refractivity contribution in [3.8, 4) is 5.75 Å². The first-order chi connectivity index (χ1) is 14.3. The molecule has 1 saturated heterocycles. The zero-order chi connectivity index (χ0) is 21.7. The largest absolute Gasteiger partial charge is 0.481 e. The van der Waals surface area contributed by atoms with Gasteiger partial charge in [0.25, 0.3) is 5.91 Å². The minimum absolute atomic E-state index is 0.112. The van der Waals surface area contributed by atoms with Crippen molar-refractivity contribution in [2.45, 2.75) is 46.1 Å². The molecule has 1 atom stereocenters. The van der Waals surface area contributed by atoms with Gasteiger partial charge in [-0.1, -0.05) is 24.3 Å². The Labute approximate surface area is 176 Å². The van der Waals surface area contributed by atoms with Gasteiger partial charge in [-0.05, 0) is 62.1 Å². The fourth-order valence-electron chi connectivity index (χ4n) is 3.27. The van der Waals surface area contributed by atoms with Crippen LogP contribution in [-0.4, -0.2) is 30.4 Å². The summed E-state index contributed by atoms with van der Waals surface area (Å²) in [6.45, 7) is 6.26. The molecule has 2 aromatic rings. The Morgan fingerprint density at radius 2 is 1.83 bits per heavy atom. The standard InChI is InChI=1S/C23H27N3O4/c1-15-6-4-7-20(16(15)2)30-17(3)23(29)25-24-21(27)14-18-9-11-19(12-10-18)26-13-5-8-22(26)28/h4,6-7,9-12,17H,5,8,13-14H2,1-3H3,(H,24,27)(H,25,29)/t17-/m0/s1. The normalized spacial score (nSPS) is 14.4. The first-order valence-electron chi connectivity index (χ1n) is 10.1. The third-order valence-corrected chi connectivity index (χ3v) is 5.24. The van der Waals surface area contributed by atoms with E-state index in [4.69, 9.17) is 4.74 Å². The first kappa shape index (κ1) is 21.4. The maximum atomic E-state index is 12.2. The lowest BCUT2D eigenvalue weighted by atomic mass is 10.1. The highest BCUT2D eigenvalue weighted by atomic mass is 16.5. The molecule has 2 N–H and O–H groups in total. The summed E-state index contributed by atoms with van der Waals surface area (Å²) in [5.74, 6) is -0.0135. The van der Waals surface area contributed by atoms with E-state index < -0.39 is 12.0 Å². The van der Waals surface area contributed by atoms with Crippen molar-refractivity contribution in [2.24, 2.45) is 0 Å². The monoisotopic (exact) mass is 409 g/mol. The van der Waals surface area contributed by atoms with Gasteiger partial charge >= 0.3 is 0 Å². The number of hydrogen-bond acceptors (Lipinski definition) is 4. The van der Waals surface area contributed by atoms with Crippen LogP contribution in [-0.2, 0) is 20.8 Å². The summed E-state index contributed by atoms with van der Waals surface area (Å²) in [7, 11) is 0. The van der Waals surface area contributed by atoms with E-state index in [0.29, 0.717) is 12.2 Å². The van der Waals surface area contributed by atoms with E-state index in [2.05, 4.69) is 10.9 Å². The predicted octanol–water partition coefficient (Wildman–Crippen LogP) is 2.59. The van der Waals surface area contributed by atoms with Gasteiger partial charge in [-0.3, -0.25) is 25.2 Å². The number of ether oxygens (including phenoxy) is 1. The van der Waals surface area contributed by atoms with Gasteiger partial charge in [0.15, 0.2) is 6.10 Å². The SMILES string of the molecule is Cc1cccc(O[C@@H](C)C(=O)NNC(=O)Cc2ccc(N3CCCC3=O)cc2)c1C. The van der Waals surface area contributed by atoms with Crippen LogP contribution in [0.5, 0.6) is 5.75 Å². The molecule has 0 aromatic heterocycles. The van der Waals surface area contributed by atoms with Gasteiger partial charge in [0.05, 0.1) is 6.42 Å². The van der Waals surface area contributed by atoms with E-state index >= 15 is 0 Å². The van der Waals surface area contributed by atoms with Crippen molar-refractivity contribution >= 4 is 23.4 Å². The number of hydrogen-bond donors (Lipinski definition) is 2. The van der Waals surface area contributed by atoms with Crippen LogP contribution in [0, 0.1) is 13.8 Å². The van der Waals surface area contributed by atoms with Crippen LogP contribution in [0.1, 0.15) is 36.5 Å². The number of carbonyl (C=O) groups is 3. The average Bonchev–Trinajstić information content (AvgIpc) is 3.16. The molecule has 0 aliphatic carbocycles. The molecule has 7 heteroatoms. The van der Waals surface area contributed by atoms with Gasteiger partial charge in [0, 0.05) is 18.7 Å². The maximum Gasteiger partial charge on any atom is 0.279 e. The molecule has 3 rings (SSSR count). The number of rotatable bonds is 6. The first-order valence-corrected chi connectivity index (χ1v) is 10.1. The summed E-state index contributed by atoms with van der Waals surface area (Å²) in [5, 5.41) is 0. The van der Waals surface area contributed by atoms with Crippen LogP contribution in [0.4, 0.5) is 5.69 Å². The van der Waals surface area contributed by atoms with Crippen molar-refractivity contribution in [1.82, 2.24) is 10.9 Å². The van der Waals surface area contributed by atoms with Crippen molar-refractivity contribution < 1.29 is 19.1 Å². The number of carbonyl (C=O) groups excluding carboxylic acids is 3. The van der Waals surface area contributed by atoms with Gasteiger partial charge in [-0.2, -0.15) is 0 Å². The lowest BCUT2D eigenvalue weighted by molar-refractivity contribution is -0.132. The lowest BCUT2D eigenvalue weighted by Crippen LogP contribution is -2.47. The molecule has 0 unspecified atom stereocenters. The second kappa shape index (κ2) is 9.43. The summed E-state index contributed by atoms with van der Waals surface area (Å²) in [6, 6.07) is 13.0. The van der Waals surface area contributed by atoms with Crippen LogP contribution in [0.25, 0.3) is 0 Å². The van der Waals surface area contributed by atoms with Crippen LogP contribution in [0.2, 0.25) is 0 Å². The van der Waals surface area contributed by atoms with Gasteiger partial charge in [-0.15, -0.1) is 0 Å². The summed E-state index contributed by atoms with van der Waals surface area (Å²) < 4.78 is 5.71. The molecule has 0 radical (unpaired) electrons. The highest BCUT2D eigenvalue weighted by Crippen LogP contribution is 2.22. The van der Waals surface area contributed by atoms with Crippen LogP contribution in [0.15, 0.2) is 42.5 Å². The molecule has 3 amide bonds. The Hall–Kier alpha value is -3.35. The van der Waals surface area contributed by atoms with E-state index in [1.54, 1.807) is 11.8 Å². The average molecular weight is 409 g/mol. The van der Waals surface area contributed by atoms with E-state index in [0.717, 1.165) is 35.3 Å². The Morgan fingerprint density at radius 1 is 1.10 bits per heavy atom. The highest BCUT2D eigenvalue weighted by Gasteiger charge is 2.21. The predicted molar refractivity (Wildman–Crippen MR) is 114 cm³/mol. The summed E-state index contributed by atoms with van der Waals surface area (Å²) in [5.41, 5.74) is 8.50. The van der Waals surface area contributed by atoms with E-state index in [9.17, 15) is 14.4 Å². The number of nitrogens with zero attached hydrogens (tertiary/aromatic N) is 1. The number of aryl methyl sites for hydroxylation is 1. The quantitative estimate of drug-likeness (QED) is 0.718. The van der Waals surface area contributed by atoms with Crippen molar-refractivity contribution in [3.05, 3.63) is 59.2 Å². The molecule has 1 aliphatic rings. The van der Waals surface area contributed by atoms with Gasteiger partial charge in [0.2, 0.25) is 11.8 Å². The molecule has 1 aliphatic heterocycles. The molecule has 0 saturated carbocycles. The lowest BCUT2D eigenvalue weighted by Gasteiger charge is -2.17. The van der Waals surface area contributed by atoms with Gasteiger partial charge in [-0.25, -0.2) is 0 Å². The van der Waals surface area contributed by atoms with Crippen LogP contribution in [0.3, 0.4) is 0 Å². The number of hydrazine groups is 1. The summed E-state index contributed by atoms with van der Waals surface area (Å²) in [4.78, 5) is 37.9. The minimum atomic E-state index is -0.761. The Balaban J connectivity index is 1.47. The fourth-order valence-corrected chi connectivity index (χ4v) is 3.27. The number of amides is 3. The van der Waals surface area contributed by atoms with E-state index in [-0.39, 0.29) is 18.2 Å². The zero-order valence-electron chi connectivity index (χ0n) is 17.5. The third kappa shape index (κ3) is 5.17. The Morgan fingerprint density at radius 3 is 2.50 bits per heavy atom. The molecule has 1 heterocycles. The number of nitrogens with one attached hydrogen (secondary N) is 2. The molecule has 30 heavy (non-hydrogen) atoms. The summed E-state index contributed by atoms with van der Waals surface area (Å²) >= 11 is 0. The Bertz CT molecular complexity index is 940. The second-order valence-corrected chi connectivity index (χ2v) is 7.49. The number of anilines is 1. The molecule has 158 valence electrons. The Kier molecular flexibility index (Phi) is 6.72. The molecular formula is C23H27N3O4. The third-order valence-electron chi connectivity index (χ3n) is 5.24. The van der Waals surface area contributed by atoms with Crippen LogP contribution < -0.4 is 20.5 Å². The summed E-state index contributed by atoms with van der Waals surface area (Å²) in [6.07, 6.45) is 0.799. The maximum absolute atomic E-state index is 12.2. The number of benzene rings is 2. The molecule has 0 bridgehead atoms. The van der Waals surface area contributed by atoms with E-state index in [1.165, 1.54) is 0 Å². The van der Waals surface area contributed by atoms with E-state index in [1.807, 2.05) is 56.3 Å². The van der Waals surface area contributed by atoms with Gasteiger partial charge < -0.3 is 9.64 Å². The molecule has 2 aromatic carbocycles. The molecule has 0 spiro atoms.